The topological polar surface area (TPSA) is 63.4 Å². The van der Waals surface area contributed by atoms with E-state index in [4.69, 9.17) is 23.2 Å². The zero-order valence-electron chi connectivity index (χ0n) is 12.4. The number of rotatable bonds is 3. The molecule has 0 unspecified atom stereocenters. The first kappa shape index (κ1) is 16.3. The Hall–Kier alpha value is -1.59. The molecule has 0 aromatic heterocycles. The van der Waals surface area contributed by atoms with Crippen molar-refractivity contribution in [2.45, 2.75) is 25.3 Å². The average molecular weight is 355 g/mol. The number of hydrogen-bond donors (Lipinski definition) is 0. The molecule has 7 heteroatoms. The maximum absolute atomic E-state index is 12.2. The van der Waals surface area contributed by atoms with E-state index >= 15 is 0 Å². The monoisotopic (exact) mass is 354 g/mol. The number of nitrogens with zero attached hydrogens (tertiary/aromatic N) is 2. The van der Waals surface area contributed by atoms with Crippen molar-refractivity contribution in [3.05, 3.63) is 49.5 Å². The van der Waals surface area contributed by atoms with Crippen molar-refractivity contribution in [1.82, 2.24) is 4.90 Å². The minimum absolute atomic E-state index is 0.0773. The van der Waals surface area contributed by atoms with Crippen LogP contribution in [0.25, 0.3) is 6.08 Å². The lowest BCUT2D eigenvalue weighted by Crippen LogP contribution is -2.38. The fourth-order valence-electron chi connectivity index (χ4n) is 2.92. The molecule has 2 fully saturated rings. The summed E-state index contributed by atoms with van der Waals surface area (Å²) in [5, 5.41) is 12.0. The van der Waals surface area contributed by atoms with Gasteiger partial charge in [0.05, 0.1) is 0 Å². The first-order chi connectivity index (χ1) is 11.0. The summed E-state index contributed by atoms with van der Waals surface area (Å²) in [5.74, 6) is -0.496. The van der Waals surface area contributed by atoms with E-state index in [0.717, 1.165) is 18.4 Å². The van der Waals surface area contributed by atoms with Crippen LogP contribution in [-0.4, -0.2) is 34.9 Å². The number of benzene rings is 1. The van der Waals surface area contributed by atoms with E-state index < -0.39 is 12.0 Å². The number of piperidine rings is 1. The number of amides is 1. The zero-order chi connectivity index (χ0) is 16.6. The van der Waals surface area contributed by atoms with Crippen LogP contribution < -0.4 is 0 Å². The molecule has 1 heterocycles. The van der Waals surface area contributed by atoms with E-state index in [-0.39, 0.29) is 10.8 Å². The van der Waals surface area contributed by atoms with Crippen molar-refractivity contribution in [2.75, 3.05) is 13.1 Å². The molecule has 2 aliphatic rings. The number of carbonyl (C=O) groups excluding carboxylic acids is 1. The molecule has 1 saturated heterocycles. The molecule has 1 amide bonds. The molecule has 0 N–H and O–H groups in total. The van der Waals surface area contributed by atoms with E-state index in [2.05, 4.69) is 0 Å². The summed E-state index contributed by atoms with van der Waals surface area (Å²) in [4.78, 5) is 24.3. The second kappa shape index (κ2) is 6.49. The SMILES string of the molecule is O=C([C@H]1C[C@@H]1[N+](=O)[O-])N1CCC(=Cc2cc(Cl)ccc2Cl)CC1. The van der Waals surface area contributed by atoms with Crippen molar-refractivity contribution in [1.29, 1.82) is 0 Å². The maximum atomic E-state index is 12.2. The Balaban J connectivity index is 1.60. The molecule has 122 valence electrons. The lowest BCUT2D eigenvalue weighted by molar-refractivity contribution is -0.497. The van der Waals surface area contributed by atoms with Gasteiger partial charge in [-0.15, -0.1) is 0 Å². The molecule has 1 aliphatic heterocycles. The summed E-state index contributed by atoms with van der Waals surface area (Å²) >= 11 is 12.1. The molecule has 1 aromatic rings. The molecule has 0 bridgehead atoms. The van der Waals surface area contributed by atoms with Crippen LogP contribution in [0.3, 0.4) is 0 Å². The molecule has 5 nitrogen and oxygen atoms in total. The fraction of sp³-hybridized carbons (Fsp3) is 0.438. The van der Waals surface area contributed by atoms with Gasteiger partial charge in [0, 0.05) is 34.5 Å². The normalized spacial score (nSPS) is 23.6. The fourth-order valence-corrected chi connectivity index (χ4v) is 3.27. The zero-order valence-corrected chi connectivity index (χ0v) is 13.9. The van der Waals surface area contributed by atoms with Crippen LogP contribution in [0.4, 0.5) is 0 Å². The minimum Gasteiger partial charge on any atom is -0.342 e. The number of nitro groups is 1. The van der Waals surface area contributed by atoms with E-state index in [1.807, 2.05) is 12.1 Å². The predicted octanol–water partition coefficient (Wildman–Crippen LogP) is 3.66. The highest BCUT2D eigenvalue weighted by Crippen LogP contribution is 2.36. The molecule has 1 aromatic carbocycles. The van der Waals surface area contributed by atoms with Gasteiger partial charge >= 0.3 is 0 Å². The third-order valence-electron chi connectivity index (χ3n) is 4.38. The van der Waals surface area contributed by atoms with Gasteiger partial charge in [0.25, 0.3) is 0 Å². The third kappa shape index (κ3) is 3.67. The summed E-state index contributed by atoms with van der Waals surface area (Å²) in [6.45, 7) is 1.20. The number of hydrogen-bond acceptors (Lipinski definition) is 3. The molecule has 3 rings (SSSR count). The van der Waals surface area contributed by atoms with Crippen molar-refractivity contribution < 1.29 is 9.72 Å². The van der Waals surface area contributed by atoms with Gasteiger partial charge in [-0.2, -0.15) is 0 Å². The van der Waals surface area contributed by atoms with Crippen LogP contribution >= 0.6 is 23.2 Å². The van der Waals surface area contributed by atoms with Crippen LogP contribution in [0, 0.1) is 16.0 Å². The van der Waals surface area contributed by atoms with E-state index in [9.17, 15) is 14.9 Å². The van der Waals surface area contributed by atoms with Gasteiger partial charge in [0.15, 0.2) is 0 Å². The molecule has 23 heavy (non-hydrogen) atoms. The van der Waals surface area contributed by atoms with E-state index in [1.165, 1.54) is 5.57 Å². The molecule has 1 aliphatic carbocycles. The third-order valence-corrected chi connectivity index (χ3v) is 4.96. The van der Waals surface area contributed by atoms with Gasteiger partial charge in [-0.05, 0) is 36.6 Å². The van der Waals surface area contributed by atoms with Crippen molar-refractivity contribution in [3.8, 4) is 0 Å². The first-order valence-electron chi connectivity index (χ1n) is 7.52. The smallest absolute Gasteiger partial charge is 0.232 e. The second-order valence-corrected chi connectivity index (χ2v) is 6.83. The summed E-state index contributed by atoms with van der Waals surface area (Å²) in [5.41, 5.74) is 2.09. The van der Waals surface area contributed by atoms with Crippen LogP contribution in [0.1, 0.15) is 24.8 Å². The van der Waals surface area contributed by atoms with E-state index in [1.54, 1.807) is 17.0 Å². The molecule has 0 spiro atoms. The predicted molar refractivity (Wildman–Crippen MR) is 89.1 cm³/mol. The highest BCUT2D eigenvalue weighted by molar-refractivity contribution is 6.34. The minimum atomic E-state index is -0.676. The van der Waals surface area contributed by atoms with Crippen molar-refractivity contribution in [2.24, 2.45) is 5.92 Å². The Morgan fingerprint density at radius 2 is 2.00 bits per heavy atom. The van der Waals surface area contributed by atoms with Crippen LogP contribution in [0.15, 0.2) is 23.8 Å². The van der Waals surface area contributed by atoms with Gasteiger partial charge in [0.2, 0.25) is 11.9 Å². The second-order valence-electron chi connectivity index (χ2n) is 5.99. The van der Waals surface area contributed by atoms with Crippen molar-refractivity contribution >= 4 is 35.2 Å². The number of halogens is 2. The summed E-state index contributed by atoms with van der Waals surface area (Å²) in [6, 6.07) is 4.65. The molecular formula is C16H16Cl2N2O3. The van der Waals surface area contributed by atoms with Gasteiger partial charge < -0.3 is 4.90 Å². The van der Waals surface area contributed by atoms with Gasteiger partial charge in [-0.3, -0.25) is 14.9 Å². The molecule has 1 saturated carbocycles. The lowest BCUT2D eigenvalue weighted by atomic mass is 10.0. The van der Waals surface area contributed by atoms with Crippen LogP contribution in [0.2, 0.25) is 10.0 Å². The highest BCUT2D eigenvalue weighted by Gasteiger charge is 2.54. The molecule has 0 radical (unpaired) electrons. The summed E-state index contributed by atoms with van der Waals surface area (Å²) < 4.78 is 0. The summed E-state index contributed by atoms with van der Waals surface area (Å²) in [7, 11) is 0. The summed E-state index contributed by atoms with van der Waals surface area (Å²) in [6.07, 6.45) is 3.91. The molecular weight excluding hydrogens is 339 g/mol. The van der Waals surface area contributed by atoms with Gasteiger partial charge in [0.1, 0.15) is 5.92 Å². The van der Waals surface area contributed by atoms with Crippen LogP contribution in [0.5, 0.6) is 0 Å². The number of likely N-dealkylation sites (tertiary alicyclic amines) is 1. The standard InChI is InChI=1S/C16H16Cl2N2O3/c17-12-1-2-14(18)11(8-12)7-10-3-5-19(6-4-10)16(21)13-9-15(13)20(22)23/h1-2,7-8,13,15H,3-6,9H2/t13-,15-/m0/s1. The largest absolute Gasteiger partial charge is 0.342 e. The Bertz CT molecular complexity index is 680. The maximum Gasteiger partial charge on any atom is 0.232 e. The van der Waals surface area contributed by atoms with Crippen molar-refractivity contribution in [3.63, 3.8) is 0 Å². The van der Waals surface area contributed by atoms with Crippen LogP contribution in [-0.2, 0) is 4.79 Å². The molecule has 2 atom stereocenters. The highest BCUT2D eigenvalue weighted by atomic mass is 35.5. The Kier molecular flexibility index (Phi) is 4.60. The van der Waals surface area contributed by atoms with Gasteiger partial charge in [-0.1, -0.05) is 34.9 Å². The number of carbonyl (C=O) groups is 1. The van der Waals surface area contributed by atoms with Gasteiger partial charge in [-0.25, -0.2) is 0 Å². The first-order valence-corrected chi connectivity index (χ1v) is 8.28. The quantitative estimate of drug-likeness (QED) is 0.614. The Labute approximate surface area is 144 Å². The Morgan fingerprint density at radius 1 is 1.30 bits per heavy atom. The Morgan fingerprint density at radius 3 is 2.61 bits per heavy atom. The van der Waals surface area contributed by atoms with E-state index in [0.29, 0.717) is 29.6 Å². The average Bonchev–Trinajstić information content (AvgIpc) is 3.32. The lowest BCUT2D eigenvalue weighted by Gasteiger charge is -2.28.